The second-order valence-corrected chi connectivity index (χ2v) is 7.71. The highest BCUT2D eigenvalue weighted by atomic mass is 16.5. The van der Waals surface area contributed by atoms with E-state index in [9.17, 15) is 4.79 Å². The normalized spacial score (nSPS) is 30.8. The Bertz CT molecular complexity index is 594. The third kappa shape index (κ3) is 2.71. The summed E-state index contributed by atoms with van der Waals surface area (Å²) < 4.78 is 5.29. The molecule has 1 aromatic carbocycles. The lowest BCUT2D eigenvalue weighted by Gasteiger charge is -2.31. The van der Waals surface area contributed by atoms with E-state index >= 15 is 0 Å². The van der Waals surface area contributed by atoms with Gasteiger partial charge in [0.2, 0.25) is 5.91 Å². The molecule has 4 nitrogen and oxygen atoms in total. The lowest BCUT2D eigenvalue weighted by Crippen LogP contribution is -2.37. The minimum absolute atomic E-state index is 0.206. The van der Waals surface area contributed by atoms with E-state index in [4.69, 9.17) is 4.74 Å². The van der Waals surface area contributed by atoms with Crippen molar-refractivity contribution >= 4 is 5.91 Å². The van der Waals surface area contributed by atoms with Crippen LogP contribution >= 0.6 is 0 Å². The number of amides is 1. The molecule has 0 bridgehead atoms. The van der Waals surface area contributed by atoms with Gasteiger partial charge in [-0.1, -0.05) is 25.0 Å². The van der Waals surface area contributed by atoms with Gasteiger partial charge >= 0.3 is 0 Å². The summed E-state index contributed by atoms with van der Waals surface area (Å²) in [4.78, 5) is 17.0. The predicted molar refractivity (Wildman–Crippen MR) is 93.9 cm³/mol. The van der Waals surface area contributed by atoms with Gasteiger partial charge in [-0.3, -0.25) is 9.69 Å². The van der Waals surface area contributed by atoms with Gasteiger partial charge in [0.15, 0.2) is 0 Å². The van der Waals surface area contributed by atoms with Gasteiger partial charge in [-0.15, -0.1) is 0 Å². The van der Waals surface area contributed by atoms with Crippen LogP contribution in [-0.4, -0.2) is 48.5 Å². The zero-order chi connectivity index (χ0) is 16.7. The number of carbonyl (C=O) groups is 1. The minimum Gasteiger partial charge on any atom is -0.497 e. The summed E-state index contributed by atoms with van der Waals surface area (Å²) in [6.07, 6.45) is 5.50. The smallest absolute Gasteiger partial charge is 0.219 e. The quantitative estimate of drug-likeness (QED) is 0.855. The molecular formula is C20H28N2O2. The number of fused-ring (bicyclic) bond motifs is 1. The highest BCUT2D eigenvalue weighted by Crippen LogP contribution is 2.46. The third-order valence-electron chi connectivity index (χ3n) is 6.40. The molecular weight excluding hydrogens is 300 g/mol. The van der Waals surface area contributed by atoms with Gasteiger partial charge in [0.25, 0.3) is 0 Å². The Morgan fingerprint density at radius 2 is 1.79 bits per heavy atom. The van der Waals surface area contributed by atoms with E-state index in [1.165, 1.54) is 37.8 Å². The fourth-order valence-corrected chi connectivity index (χ4v) is 5.20. The molecule has 4 rings (SSSR count). The van der Waals surface area contributed by atoms with Gasteiger partial charge in [-0.25, -0.2) is 0 Å². The highest BCUT2D eigenvalue weighted by molar-refractivity contribution is 5.74. The predicted octanol–water partition coefficient (Wildman–Crippen LogP) is 3.09. The highest BCUT2D eigenvalue weighted by Gasteiger charge is 2.49. The third-order valence-corrected chi connectivity index (χ3v) is 6.40. The Morgan fingerprint density at radius 3 is 2.42 bits per heavy atom. The molecule has 24 heavy (non-hydrogen) atoms. The van der Waals surface area contributed by atoms with E-state index in [0.29, 0.717) is 11.8 Å². The summed E-state index contributed by atoms with van der Waals surface area (Å²) in [5, 5.41) is 0. The lowest BCUT2D eigenvalue weighted by atomic mass is 9.89. The maximum Gasteiger partial charge on any atom is 0.219 e. The van der Waals surface area contributed by atoms with Crippen LogP contribution in [0.15, 0.2) is 24.3 Å². The molecule has 3 aliphatic rings. The largest absolute Gasteiger partial charge is 0.497 e. The fraction of sp³-hybridized carbons (Fsp3) is 0.650. The van der Waals surface area contributed by atoms with Crippen molar-refractivity contribution in [1.82, 2.24) is 9.80 Å². The number of hydrogen-bond donors (Lipinski definition) is 0. The minimum atomic E-state index is 0.206. The molecule has 1 amide bonds. The van der Waals surface area contributed by atoms with Crippen LogP contribution in [0.25, 0.3) is 0 Å². The summed E-state index contributed by atoms with van der Waals surface area (Å²) in [6, 6.07) is 9.33. The summed E-state index contributed by atoms with van der Waals surface area (Å²) in [5.41, 5.74) is 1.26. The molecule has 2 saturated heterocycles. The molecule has 130 valence electrons. The molecule has 0 radical (unpaired) electrons. The van der Waals surface area contributed by atoms with Crippen LogP contribution in [0.1, 0.15) is 44.2 Å². The number of rotatable bonds is 3. The van der Waals surface area contributed by atoms with Gasteiger partial charge in [0, 0.05) is 38.5 Å². The molecule has 0 N–H and O–H groups in total. The molecule has 1 saturated carbocycles. The standard InChI is InChI=1S/C20H28N2O2/c1-14(23)22-12-16-11-21(17-5-3-4-6-17)13-19(16)20(22)15-7-9-18(24-2)10-8-15/h7-10,16-17,19-20H,3-6,11-13H2,1-2H3/t16-,19-,20+/m1/s1. The number of ether oxygens (including phenoxy) is 1. The second-order valence-electron chi connectivity index (χ2n) is 7.71. The van der Waals surface area contributed by atoms with Crippen LogP contribution in [0, 0.1) is 11.8 Å². The number of carbonyl (C=O) groups excluding carboxylic acids is 1. The van der Waals surface area contributed by atoms with E-state index in [-0.39, 0.29) is 11.9 Å². The number of likely N-dealkylation sites (tertiary alicyclic amines) is 2. The van der Waals surface area contributed by atoms with E-state index in [2.05, 4.69) is 21.9 Å². The number of hydrogen-bond acceptors (Lipinski definition) is 3. The average Bonchev–Trinajstić information content (AvgIpc) is 3.29. The van der Waals surface area contributed by atoms with Crippen molar-refractivity contribution in [2.24, 2.45) is 11.8 Å². The van der Waals surface area contributed by atoms with Crippen molar-refractivity contribution in [3.05, 3.63) is 29.8 Å². The van der Waals surface area contributed by atoms with Gasteiger partial charge in [0.05, 0.1) is 13.2 Å². The molecule has 2 aliphatic heterocycles. The first kappa shape index (κ1) is 15.9. The summed E-state index contributed by atoms with van der Waals surface area (Å²) in [7, 11) is 1.69. The van der Waals surface area contributed by atoms with Crippen LogP contribution in [0.3, 0.4) is 0 Å². The Kier molecular flexibility index (Phi) is 4.25. The zero-order valence-corrected chi connectivity index (χ0v) is 14.8. The molecule has 0 aromatic heterocycles. The fourth-order valence-electron chi connectivity index (χ4n) is 5.20. The number of methoxy groups -OCH3 is 1. The number of benzene rings is 1. The van der Waals surface area contributed by atoms with Gasteiger partial charge < -0.3 is 9.64 Å². The number of nitrogens with zero attached hydrogens (tertiary/aromatic N) is 2. The van der Waals surface area contributed by atoms with Crippen molar-refractivity contribution in [1.29, 1.82) is 0 Å². The molecule has 1 aliphatic carbocycles. The molecule has 2 heterocycles. The average molecular weight is 328 g/mol. The first-order valence-electron chi connectivity index (χ1n) is 9.32. The van der Waals surface area contributed by atoms with Crippen molar-refractivity contribution in [3.8, 4) is 5.75 Å². The van der Waals surface area contributed by atoms with Crippen molar-refractivity contribution < 1.29 is 9.53 Å². The van der Waals surface area contributed by atoms with Crippen LogP contribution in [0.4, 0.5) is 0 Å². The Balaban J connectivity index is 1.57. The monoisotopic (exact) mass is 328 g/mol. The summed E-state index contributed by atoms with van der Waals surface area (Å²) in [5.74, 6) is 2.28. The van der Waals surface area contributed by atoms with E-state index in [0.717, 1.165) is 24.9 Å². The molecule has 3 fully saturated rings. The first-order chi connectivity index (χ1) is 11.7. The van der Waals surface area contributed by atoms with Crippen LogP contribution in [-0.2, 0) is 4.79 Å². The first-order valence-corrected chi connectivity index (χ1v) is 9.32. The molecule has 4 heteroatoms. The van der Waals surface area contributed by atoms with Gasteiger partial charge in [-0.2, -0.15) is 0 Å². The summed E-state index contributed by atoms with van der Waals surface area (Å²) >= 11 is 0. The van der Waals surface area contributed by atoms with Gasteiger partial charge in [0.1, 0.15) is 5.75 Å². The Morgan fingerprint density at radius 1 is 1.08 bits per heavy atom. The van der Waals surface area contributed by atoms with Crippen LogP contribution in [0.5, 0.6) is 5.75 Å². The Hall–Kier alpha value is -1.55. The van der Waals surface area contributed by atoms with E-state index < -0.39 is 0 Å². The Labute approximate surface area is 144 Å². The topological polar surface area (TPSA) is 32.8 Å². The van der Waals surface area contributed by atoms with Gasteiger partial charge in [-0.05, 0) is 36.5 Å². The molecule has 3 atom stereocenters. The van der Waals surface area contributed by atoms with E-state index in [1.54, 1.807) is 14.0 Å². The molecule has 0 spiro atoms. The van der Waals surface area contributed by atoms with Crippen molar-refractivity contribution in [2.45, 2.75) is 44.7 Å². The second kappa shape index (κ2) is 6.40. The molecule has 1 aromatic rings. The maximum absolute atomic E-state index is 12.2. The summed E-state index contributed by atoms with van der Waals surface area (Å²) in [6.45, 7) is 4.95. The molecule has 0 unspecified atom stereocenters. The maximum atomic E-state index is 12.2. The van der Waals surface area contributed by atoms with E-state index in [1.807, 2.05) is 12.1 Å². The lowest BCUT2D eigenvalue weighted by molar-refractivity contribution is -0.130. The van der Waals surface area contributed by atoms with Crippen molar-refractivity contribution in [2.75, 3.05) is 26.7 Å². The van der Waals surface area contributed by atoms with Crippen LogP contribution < -0.4 is 4.74 Å². The SMILES string of the molecule is COc1ccc([C@H]2[C@@H]3CN(C4CCCC4)C[C@@H]3CN2C(C)=O)cc1. The zero-order valence-electron chi connectivity index (χ0n) is 14.8. The van der Waals surface area contributed by atoms with Crippen molar-refractivity contribution in [3.63, 3.8) is 0 Å². The van der Waals surface area contributed by atoms with Crippen LogP contribution in [0.2, 0.25) is 0 Å².